The summed E-state index contributed by atoms with van der Waals surface area (Å²) in [5.74, 6) is 0.709. The summed E-state index contributed by atoms with van der Waals surface area (Å²) < 4.78 is 0. The third-order valence-electron chi connectivity index (χ3n) is 13.6. The molecule has 2 heteroatoms. The number of hydrogen-bond acceptors (Lipinski definition) is 2. The Morgan fingerprint density at radius 3 is 1.31 bits per heavy atom. The van der Waals surface area contributed by atoms with Gasteiger partial charge in [-0.25, -0.2) is 9.97 Å². The van der Waals surface area contributed by atoms with E-state index >= 15 is 0 Å². The monoisotopic (exact) mass is 790 g/mol. The molecular formula is C60H42N2. The Labute approximate surface area is 362 Å². The van der Waals surface area contributed by atoms with Gasteiger partial charge in [0.2, 0.25) is 0 Å². The van der Waals surface area contributed by atoms with Crippen LogP contribution in [0.4, 0.5) is 0 Å². The average molecular weight is 791 g/mol. The first kappa shape index (κ1) is 36.2. The maximum atomic E-state index is 5.08. The van der Waals surface area contributed by atoms with Crippen molar-refractivity contribution >= 4 is 10.8 Å². The quantitative estimate of drug-likeness (QED) is 0.174. The fraction of sp³-hybridized carbons (Fsp3) is 0.0667. The molecule has 0 N–H and O–H groups in total. The van der Waals surface area contributed by atoms with Crippen LogP contribution in [0.2, 0.25) is 0 Å². The molecule has 1 aromatic heterocycles. The Balaban J connectivity index is 0.963. The molecule has 0 amide bonds. The first-order chi connectivity index (χ1) is 30.5. The third-order valence-corrected chi connectivity index (χ3v) is 13.6. The Bertz CT molecular complexity index is 3260. The summed E-state index contributed by atoms with van der Waals surface area (Å²) in [6.07, 6.45) is 0. The molecule has 9 aromatic carbocycles. The molecule has 1 heterocycles. The molecule has 2 nitrogen and oxygen atoms in total. The smallest absolute Gasteiger partial charge is 0.160 e. The summed E-state index contributed by atoms with van der Waals surface area (Å²) in [6, 6.07) is 79.7. The van der Waals surface area contributed by atoms with E-state index in [2.05, 4.69) is 220 Å². The van der Waals surface area contributed by atoms with Crippen molar-refractivity contribution < 1.29 is 0 Å². The van der Waals surface area contributed by atoms with Crippen LogP contribution in [-0.4, -0.2) is 9.97 Å². The van der Waals surface area contributed by atoms with E-state index in [4.69, 9.17) is 9.97 Å². The number of benzene rings is 9. The molecule has 292 valence electrons. The van der Waals surface area contributed by atoms with Crippen molar-refractivity contribution in [3.05, 3.63) is 252 Å². The van der Waals surface area contributed by atoms with Gasteiger partial charge in [-0.15, -0.1) is 0 Å². The van der Waals surface area contributed by atoms with Crippen LogP contribution in [0.5, 0.6) is 0 Å². The number of fused-ring (bicyclic) bond motifs is 10. The van der Waals surface area contributed by atoms with Crippen molar-refractivity contribution in [3.8, 4) is 67.3 Å². The fourth-order valence-electron chi connectivity index (χ4n) is 10.7. The molecule has 12 rings (SSSR count). The van der Waals surface area contributed by atoms with Gasteiger partial charge in [-0.1, -0.05) is 220 Å². The zero-order chi connectivity index (χ0) is 41.4. The molecule has 0 atom stereocenters. The van der Waals surface area contributed by atoms with Crippen molar-refractivity contribution in [1.82, 2.24) is 9.97 Å². The van der Waals surface area contributed by atoms with Crippen LogP contribution in [0.1, 0.15) is 47.2 Å². The minimum absolute atomic E-state index is 0.121. The Morgan fingerprint density at radius 2 is 0.726 bits per heavy atom. The number of nitrogens with zero attached hydrogens (tertiary/aromatic N) is 2. The second-order valence-electron chi connectivity index (χ2n) is 17.2. The average Bonchev–Trinajstić information content (AvgIpc) is 3.63. The van der Waals surface area contributed by atoms with E-state index in [0.717, 1.165) is 33.6 Å². The van der Waals surface area contributed by atoms with Gasteiger partial charge in [0.15, 0.2) is 5.82 Å². The van der Waals surface area contributed by atoms with Gasteiger partial charge >= 0.3 is 0 Å². The molecule has 0 radical (unpaired) electrons. The third kappa shape index (κ3) is 5.36. The summed E-state index contributed by atoms with van der Waals surface area (Å²) in [5, 5.41) is 2.46. The fourth-order valence-corrected chi connectivity index (χ4v) is 10.7. The number of rotatable bonds is 5. The lowest BCUT2D eigenvalue weighted by atomic mass is 9.55. The van der Waals surface area contributed by atoms with Gasteiger partial charge in [-0.2, -0.15) is 0 Å². The van der Waals surface area contributed by atoms with E-state index in [1.807, 2.05) is 12.1 Å². The van der Waals surface area contributed by atoms with E-state index < -0.39 is 5.41 Å². The SMILES string of the molecule is CC1(C)c2ccccc2C2(c3ccccc3-c3cc(-c4ccc(-c5ccc(-c6nc(-c7ccccc7)cc(-c7ccccc7)n6)cc5)c5ccccc45)ccc32)c2ccccc21. The molecule has 0 fully saturated rings. The van der Waals surface area contributed by atoms with Gasteiger partial charge < -0.3 is 0 Å². The maximum Gasteiger partial charge on any atom is 0.160 e. The normalized spacial score (nSPS) is 13.9. The lowest BCUT2D eigenvalue weighted by Gasteiger charge is -2.46. The van der Waals surface area contributed by atoms with Crippen LogP contribution in [0.3, 0.4) is 0 Å². The van der Waals surface area contributed by atoms with Gasteiger partial charge in [0.05, 0.1) is 16.8 Å². The predicted molar refractivity (Wildman–Crippen MR) is 256 cm³/mol. The van der Waals surface area contributed by atoms with Gasteiger partial charge in [0, 0.05) is 22.1 Å². The highest BCUT2D eigenvalue weighted by Crippen LogP contribution is 2.62. The van der Waals surface area contributed by atoms with Gasteiger partial charge in [0.1, 0.15) is 0 Å². The highest BCUT2D eigenvalue weighted by Gasteiger charge is 2.53. The van der Waals surface area contributed by atoms with Crippen molar-refractivity contribution in [2.75, 3.05) is 0 Å². The minimum atomic E-state index is -0.401. The van der Waals surface area contributed by atoms with Crippen LogP contribution >= 0.6 is 0 Å². The first-order valence-electron chi connectivity index (χ1n) is 21.6. The van der Waals surface area contributed by atoms with Gasteiger partial charge in [-0.3, -0.25) is 0 Å². The zero-order valence-electron chi connectivity index (χ0n) is 34.7. The number of aromatic nitrogens is 2. The summed E-state index contributed by atoms with van der Waals surface area (Å²) >= 11 is 0. The lowest BCUT2D eigenvalue weighted by molar-refractivity contribution is 0.563. The Kier molecular flexibility index (Phi) is 8.14. The molecular weight excluding hydrogens is 749 g/mol. The molecule has 0 aliphatic heterocycles. The molecule has 0 saturated heterocycles. The highest BCUT2D eigenvalue weighted by molar-refractivity contribution is 6.06. The van der Waals surface area contributed by atoms with Crippen LogP contribution in [-0.2, 0) is 10.8 Å². The summed E-state index contributed by atoms with van der Waals surface area (Å²) in [6.45, 7) is 4.76. The van der Waals surface area contributed by atoms with Gasteiger partial charge in [-0.05, 0) is 89.7 Å². The van der Waals surface area contributed by atoms with E-state index in [-0.39, 0.29) is 5.41 Å². The van der Waals surface area contributed by atoms with E-state index in [1.165, 1.54) is 72.0 Å². The van der Waals surface area contributed by atoms with E-state index in [9.17, 15) is 0 Å². The standard InChI is InChI=1S/C60H42N2/c1-59(2)52-25-13-15-27-54(52)60(55-28-16-14-26-53(55)59)50-24-12-11-23-48(50)49-37-43(33-36-51(49)60)45-35-34-44(46-21-9-10-22-47(45)46)39-29-31-42(32-30-39)58-61-56(40-17-5-3-6-18-40)38-57(62-58)41-19-7-4-8-20-41/h3-38H,1-2H3. The van der Waals surface area contributed by atoms with Crippen LogP contribution in [0.25, 0.3) is 78.1 Å². The van der Waals surface area contributed by atoms with Crippen LogP contribution in [0.15, 0.2) is 218 Å². The molecule has 10 aromatic rings. The lowest BCUT2D eigenvalue weighted by Crippen LogP contribution is -2.40. The van der Waals surface area contributed by atoms with Crippen LogP contribution in [0, 0.1) is 0 Å². The molecule has 0 bridgehead atoms. The molecule has 1 spiro atoms. The second-order valence-corrected chi connectivity index (χ2v) is 17.2. The topological polar surface area (TPSA) is 25.8 Å². The van der Waals surface area contributed by atoms with Crippen LogP contribution < -0.4 is 0 Å². The molecule has 0 unspecified atom stereocenters. The summed E-state index contributed by atoms with van der Waals surface area (Å²) in [5.41, 5.74) is 20.1. The molecule has 62 heavy (non-hydrogen) atoms. The predicted octanol–water partition coefficient (Wildman–Crippen LogP) is 15.0. The Hall–Kier alpha value is -7.68. The van der Waals surface area contributed by atoms with E-state index in [0.29, 0.717) is 5.82 Å². The number of hydrogen-bond donors (Lipinski definition) is 0. The molecule has 2 aliphatic rings. The second kappa shape index (κ2) is 13.9. The maximum absolute atomic E-state index is 5.08. The molecule has 0 saturated carbocycles. The zero-order valence-corrected chi connectivity index (χ0v) is 34.7. The minimum Gasteiger partial charge on any atom is -0.228 e. The van der Waals surface area contributed by atoms with Crippen molar-refractivity contribution in [1.29, 1.82) is 0 Å². The van der Waals surface area contributed by atoms with Crippen molar-refractivity contribution in [3.63, 3.8) is 0 Å². The summed E-state index contributed by atoms with van der Waals surface area (Å²) in [7, 11) is 0. The van der Waals surface area contributed by atoms with Crippen molar-refractivity contribution in [2.45, 2.75) is 24.7 Å². The van der Waals surface area contributed by atoms with Crippen molar-refractivity contribution in [2.24, 2.45) is 0 Å². The first-order valence-corrected chi connectivity index (χ1v) is 21.6. The van der Waals surface area contributed by atoms with E-state index in [1.54, 1.807) is 0 Å². The highest BCUT2D eigenvalue weighted by atomic mass is 14.9. The summed E-state index contributed by atoms with van der Waals surface area (Å²) in [4.78, 5) is 10.2. The molecule has 2 aliphatic carbocycles. The van der Waals surface area contributed by atoms with Gasteiger partial charge in [0.25, 0.3) is 0 Å². The largest absolute Gasteiger partial charge is 0.228 e. The Morgan fingerprint density at radius 1 is 0.290 bits per heavy atom.